The van der Waals surface area contributed by atoms with Gasteiger partial charge in [-0.05, 0) is 12.0 Å². The van der Waals surface area contributed by atoms with E-state index in [1.165, 1.54) is 0 Å². The Morgan fingerprint density at radius 2 is 2.17 bits per heavy atom. The zero-order chi connectivity index (χ0) is 13.0. The molecule has 1 aromatic carbocycles. The first-order chi connectivity index (χ1) is 8.66. The lowest BCUT2D eigenvalue weighted by molar-refractivity contribution is -0.125. The number of nitrogens with two attached hydrogens (primary N) is 1. The molecule has 18 heavy (non-hydrogen) atoms. The predicted octanol–water partition coefficient (Wildman–Crippen LogP) is 0.0812. The van der Waals surface area contributed by atoms with Crippen molar-refractivity contribution in [2.75, 3.05) is 6.54 Å². The summed E-state index contributed by atoms with van der Waals surface area (Å²) >= 11 is 0. The summed E-state index contributed by atoms with van der Waals surface area (Å²) in [5.41, 5.74) is 6.95. The minimum atomic E-state index is -0.402. The fourth-order valence-corrected chi connectivity index (χ4v) is 1.96. The molecule has 0 bridgehead atoms. The third-order valence-electron chi connectivity index (χ3n) is 3.04. The van der Waals surface area contributed by atoms with Crippen LogP contribution in [-0.4, -0.2) is 24.4 Å². The number of carbonyl (C=O) groups is 2. The maximum Gasteiger partial charge on any atom is 0.242 e. The van der Waals surface area contributed by atoms with Crippen LogP contribution in [0, 0.1) is 0 Å². The van der Waals surface area contributed by atoms with Gasteiger partial charge in [0.15, 0.2) is 0 Å². The summed E-state index contributed by atoms with van der Waals surface area (Å²) in [4.78, 5) is 22.7. The summed E-state index contributed by atoms with van der Waals surface area (Å²) < 4.78 is 0. The molecule has 0 radical (unpaired) electrons. The second-order valence-electron chi connectivity index (χ2n) is 4.42. The van der Waals surface area contributed by atoms with Crippen molar-refractivity contribution in [3.05, 3.63) is 35.9 Å². The molecular weight excluding hydrogens is 230 g/mol. The summed E-state index contributed by atoms with van der Waals surface area (Å²) in [5.74, 6) is -0.227. The van der Waals surface area contributed by atoms with Crippen molar-refractivity contribution in [1.29, 1.82) is 0 Å². The maximum atomic E-state index is 11.7. The highest BCUT2D eigenvalue weighted by Gasteiger charge is 2.27. The summed E-state index contributed by atoms with van der Waals surface area (Å²) in [6.07, 6.45) is 0.980. The van der Waals surface area contributed by atoms with Crippen molar-refractivity contribution < 1.29 is 9.59 Å². The molecule has 0 spiro atoms. The Labute approximate surface area is 106 Å². The second kappa shape index (κ2) is 5.64. The van der Waals surface area contributed by atoms with Gasteiger partial charge in [-0.1, -0.05) is 30.3 Å². The summed E-state index contributed by atoms with van der Waals surface area (Å²) in [5, 5.41) is 5.39. The van der Waals surface area contributed by atoms with Crippen LogP contribution in [0.4, 0.5) is 0 Å². The SMILES string of the molecule is NC(CNC(=O)[C@H]1CCC(=O)N1)c1ccccc1. The Kier molecular flexibility index (Phi) is 3.94. The van der Waals surface area contributed by atoms with Crippen molar-refractivity contribution in [1.82, 2.24) is 10.6 Å². The lowest BCUT2D eigenvalue weighted by Gasteiger charge is -2.15. The molecule has 0 aromatic heterocycles. The van der Waals surface area contributed by atoms with Gasteiger partial charge >= 0.3 is 0 Å². The molecule has 2 amide bonds. The van der Waals surface area contributed by atoms with E-state index in [2.05, 4.69) is 10.6 Å². The van der Waals surface area contributed by atoms with Crippen LogP contribution < -0.4 is 16.4 Å². The monoisotopic (exact) mass is 247 g/mol. The van der Waals surface area contributed by atoms with Crippen LogP contribution in [0.1, 0.15) is 24.4 Å². The van der Waals surface area contributed by atoms with Crippen LogP contribution in [0.3, 0.4) is 0 Å². The molecule has 1 heterocycles. The highest BCUT2D eigenvalue weighted by Crippen LogP contribution is 2.09. The van der Waals surface area contributed by atoms with E-state index in [1.54, 1.807) is 0 Å². The molecule has 1 saturated heterocycles. The molecule has 4 N–H and O–H groups in total. The highest BCUT2D eigenvalue weighted by molar-refractivity contribution is 5.90. The third kappa shape index (κ3) is 3.07. The Morgan fingerprint density at radius 1 is 1.44 bits per heavy atom. The normalized spacial score (nSPS) is 20.3. The van der Waals surface area contributed by atoms with Crippen LogP contribution >= 0.6 is 0 Å². The summed E-state index contributed by atoms with van der Waals surface area (Å²) in [7, 11) is 0. The molecule has 1 unspecified atom stereocenters. The van der Waals surface area contributed by atoms with Crippen molar-refractivity contribution in [2.24, 2.45) is 5.73 Å². The first-order valence-corrected chi connectivity index (χ1v) is 6.04. The van der Waals surface area contributed by atoms with Crippen molar-refractivity contribution >= 4 is 11.8 Å². The first kappa shape index (κ1) is 12.6. The molecule has 1 aliphatic heterocycles. The topological polar surface area (TPSA) is 84.2 Å². The number of benzene rings is 1. The zero-order valence-corrected chi connectivity index (χ0v) is 10.1. The Morgan fingerprint density at radius 3 is 2.78 bits per heavy atom. The standard InChI is InChI=1S/C13H17N3O2/c14-10(9-4-2-1-3-5-9)8-15-13(18)11-6-7-12(17)16-11/h1-5,10-11H,6-8,14H2,(H,15,18)(H,16,17)/t10?,11-/m1/s1. The van der Waals surface area contributed by atoms with Crippen LogP contribution in [0.25, 0.3) is 0 Å². The Hall–Kier alpha value is -1.88. The van der Waals surface area contributed by atoms with Gasteiger partial charge in [0, 0.05) is 19.0 Å². The van der Waals surface area contributed by atoms with E-state index in [9.17, 15) is 9.59 Å². The van der Waals surface area contributed by atoms with Crippen molar-refractivity contribution in [2.45, 2.75) is 24.9 Å². The molecule has 1 aromatic rings. The van der Waals surface area contributed by atoms with Crippen LogP contribution in [0.15, 0.2) is 30.3 Å². The molecule has 2 atom stereocenters. The van der Waals surface area contributed by atoms with Crippen LogP contribution in [-0.2, 0) is 9.59 Å². The molecular formula is C13H17N3O2. The quantitative estimate of drug-likeness (QED) is 0.704. The fraction of sp³-hybridized carbons (Fsp3) is 0.385. The number of rotatable bonds is 4. The van der Waals surface area contributed by atoms with E-state index < -0.39 is 6.04 Å². The smallest absolute Gasteiger partial charge is 0.242 e. The summed E-state index contributed by atoms with van der Waals surface area (Å²) in [6, 6.07) is 8.96. The minimum Gasteiger partial charge on any atom is -0.352 e. The second-order valence-corrected chi connectivity index (χ2v) is 4.42. The van der Waals surface area contributed by atoms with E-state index in [1.807, 2.05) is 30.3 Å². The Balaban J connectivity index is 1.81. The highest BCUT2D eigenvalue weighted by atomic mass is 16.2. The van der Waals surface area contributed by atoms with Gasteiger partial charge in [-0.3, -0.25) is 9.59 Å². The van der Waals surface area contributed by atoms with Gasteiger partial charge in [0.2, 0.25) is 11.8 Å². The van der Waals surface area contributed by atoms with Gasteiger partial charge in [0.05, 0.1) is 0 Å². The summed E-state index contributed by atoms with van der Waals surface area (Å²) in [6.45, 7) is 0.370. The molecule has 0 saturated carbocycles. The maximum absolute atomic E-state index is 11.7. The molecule has 0 aliphatic carbocycles. The number of nitrogens with one attached hydrogen (secondary N) is 2. The van der Waals surface area contributed by atoms with Gasteiger partial charge in [-0.2, -0.15) is 0 Å². The van der Waals surface area contributed by atoms with Crippen LogP contribution in [0.5, 0.6) is 0 Å². The number of amides is 2. The molecule has 5 nitrogen and oxygen atoms in total. The number of carbonyl (C=O) groups excluding carboxylic acids is 2. The Bertz CT molecular complexity index is 433. The van der Waals surface area contributed by atoms with Gasteiger partial charge in [-0.15, -0.1) is 0 Å². The van der Waals surface area contributed by atoms with E-state index in [0.717, 1.165) is 5.56 Å². The lowest BCUT2D eigenvalue weighted by Crippen LogP contribution is -2.43. The molecule has 5 heteroatoms. The van der Waals surface area contributed by atoms with E-state index in [4.69, 9.17) is 5.73 Å². The average Bonchev–Trinajstić information content (AvgIpc) is 2.83. The van der Waals surface area contributed by atoms with Gasteiger partial charge < -0.3 is 16.4 Å². The average molecular weight is 247 g/mol. The lowest BCUT2D eigenvalue weighted by atomic mass is 10.1. The van der Waals surface area contributed by atoms with E-state index >= 15 is 0 Å². The van der Waals surface area contributed by atoms with Crippen molar-refractivity contribution in [3.8, 4) is 0 Å². The van der Waals surface area contributed by atoms with Gasteiger partial charge in [0.1, 0.15) is 6.04 Å². The minimum absolute atomic E-state index is 0.0671. The van der Waals surface area contributed by atoms with E-state index in [0.29, 0.717) is 19.4 Å². The number of hydrogen-bond donors (Lipinski definition) is 3. The molecule has 1 aliphatic rings. The molecule has 1 fully saturated rings. The fourth-order valence-electron chi connectivity index (χ4n) is 1.96. The van der Waals surface area contributed by atoms with E-state index in [-0.39, 0.29) is 17.9 Å². The molecule has 2 rings (SSSR count). The van der Waals surface area contributed by atoms with Crippen LogP contribution in [0.2, 0.25) is 0 Å². The third-order valence-corrected chi connectivity index (χ3v) is 3.04. The number of hydrogen-bond acceptors (Lipinski definition) is 3. The molecule has 96 valence electrons. The zero-order valence-electron chi connectivity index (χ0n) is 10.1. The van der Waals surface area contributed by atoms with Gasteiger partial charge in [-0.25, -0.2) is 0 Å². The van der Waals surface area contributed by atoms with Gasteiger partial charge in [0.25, 0.3) is 0 Å². The predicted molar refractivity (Wildman–Crippen MR) is 67.5 cm³/mol. The van der Waals surface area contributed by atoms with Crippen molar-refractivity contribution in [3.63, 3.8) is 0 Å². The largest absolute Gasteiger partial charge is 0.352 e. The first-order valence-electron chi connectivity index (χ1n) is 6.04.